The molecule has 2 aliphatic carbocycles. The normalized spacial score (nSPS) is 24.8. The topological polar surface area (TPSA) is 144 Å². The number of carbonyl (C=O) groups is 5. The van der Waals surface area contributed by atoms with Crippen LogP contribution in [-0.4, -0.2) is 65.0 Å². The second-order valence-electron chi connectivity index (χ2n) is 11.2. The fraction of sp³-hybridized carbons (Fsp3) is 0.194. The van der Waals surface area contributed by atoms with Gasteiger partial charge in [0.15, 0.2) is 10.1 Å². The summed E-state index contributed by atoms with van der Waals surface area (Å²) in [5.41, 5.74) is -0.588. The predicted molar refractivity (Wildman–Crippen MR) is 185 cm³/mol. The van der Waals surface area contributed by atoms with E-state index in [0.29, 0.717) is 15.0 Å². The number of fused-ring (bicyclic) bond motifs is 5. The number of benzene rings is 3. The van der Waals surface area contributed by atoms with Crippen molar-refractivity contribution in [3.05, 3.63) is 114 Å². The van der Waals surface area contributed by atoms with Gasteiger partial charge in [-0.25, -0.2) is 9.80 Å². The van der Waals surface area contributed by atoms with E-state index in [4.69, 9.17) is 97.5 Å². The summed E-state index contributed by atoms with van der Waals surface area (Å²) < 4.78 is 3.08. The number of ketones is 1. The largest absolute Gasteiger partial charge is 0.423 e. The molecule has 3 aromatic rings. The van der Waals surface area contributed by atoms with Crippen LogP contribution in [0.3, 0.4) is 0 Å². The zero-order valence-corrected chi connectivity index (χ0v) is 30.4. The molecule has 11 nitrogen and oxygen atoms in total. The molecule has 50 heavy (non-hydrogen) atoms. The van der Waals surface area contributed by atoms with Crippen LogP contribution < -0.4 is 4.74 Å². The molecule has 4 atom stereocenters. The molecule has 2 fully saturated rings. The molecular weight excluding hydrogens is 826 g/mol. The van der Waals surface area contributed by atoms with E-state index >= 15 is 0 Å². The summed E-state index contributed by atoms with van der Waals surface area (Å²) in [6, 6.07) is 13.5. The summed E-state index contributed by atoms with van der Waals surface area (Å²) in [6.07, 6.45) is 0. The molecule has 1 saturated carbocycles. The lowest BCUT2D eigenvalue weighted by atomic mass is 9.84. The number of esters is 1. The molecule has 0 aromatic heterocycles. The average Bonchev–Trinajstić information content (AvgIpc) is 3.46. The second-order valence-corrected chi connectivity index (χ2v) is 15.3. The Labute approximate surface area is 321 Å². The fourth-order valence-electron chi connectivity index (χ4n) is 6.08. The molecule has 1 heterocycles. The first kappa shape index (κ1) is 36.7. The minimum atomic E-state index is -2.25. The van der Waals surface area contributed by atoms with Crippen LogP contribution in [0.2, 0.25) is 10.0 Å². The standard InChI is InChI=1S/C31H15Cl8N3O8/c32-15-5-10-18(19(33)11-15)28(47)50-17-8-3-13(4-9-17)20(43)12-40(25(44)14-1-6-16(7-2-14)42(48)49)41-26(45)21-22(27(41)46)30(37)24(35)23(34)29(21,36)31(30,38)39/h1-11,21-22H,12H2/t21-,22+,29-,30-/m1/s1. The van der Waals surface area contributed by atoms with Gasteiger partial charge < -0.3 is 4.74 Å². The molecule has 258 valence electrons. The van der Waals surface area contributed by atoms with Gasteiger partial charge in [-0.15, -0.1) is 23.2 Å². The molecule has 0 spiro atoms. The van der Waals surface area contributed by atoms with Crippen molar-refractivity contribution in [1.29, 1.82) is 0 Å². The van der Waals surface area contributed by atoms with E-state index in [9.17, 15) is 34.1 Å². The molecule has 19 heteroatoms. The van der Waals surface area contributed by atoms with E-state index in [1.807, 2.05) is 0 Å². The molecule has 1 saturated heterocycles. The highest BCUT2D eigenvalue weighted by atomic mass is 35.5. The van der Waals surface area contributed by atoms with Gasteiger partial charge in [0.2, 0.25) is 0 Å². The highest BCUT2D eigenvalue weighted by molar-refractivity contribution is 6.66. The maximum absolute atomic E-state index is 14.1. The van der Waals surface area contributed by atoms with E-state index in [1.54, 1.807) is 0 Å². The Bertz CT molecular complexity index is 2030. The van der Waals surface area contributed by atoms with Crippen molar-refractivity contribution in [2.75, 3.05) is 6.54 Å². The highest BCUT2D eigenvalue weighted by Crippen LogP contribution is 2.77. The summed E-state index contributed by atoms with van der Waals surface area (Å²) in [6.45, 7) is -0.918. The summed E-state index contributed by atoms with van der Waals surface area (Å²) in [7, 11) is 0. The number of nitro benzene ring substituents is 1. The van der Waals surface area contributed by atoms with Crippen LogP contribution in [0.4, 0.5) is 5.69 Å². The Hall–Kier alpha value is -3.13. The third-order valence-electron chi connectivity index (χ3n) is 8.52. The van der Waals surface area contributed by atoms with Crippen molar-refractivity contribution in [2.24, 2.45) is 11.8 Å². The Morgan fingerprint density at radius 1 is 0.800 bits per heavy atom. The van der Waals surface area contributed by atoms with Gasteiger partial charge in [0, 0.05) is 28.3 Å². The lowest BCUT2D eigenvalue weighted by Crippen LogP contribution is -2.56. The minimum absolute atomic E-state index is 0.0243. The van der Waals surface area contributed by atoms with E-state index in [0.717, 1.165) is 24.3 Å². The van der Waals surface area contributed by atoms with Crippen molar-refractivity contribution >= 4 is 128 Å². The number of ether oxygens (including phenoxy) is 1. The molecule has 0 radical (unpaired) electrons. The Balaban J connectivity index is 1.32. The zero-order chi connectivity index (χ0) is 36.7. The van der Waals surface area contributed by atoms with Crippen LogP contribution in [-0.2, 0) is 9.59 Å². The van der Waals surface area contributed by atoms with Gasteiger partial charge in [0.05, 0.1) is 37.4 Å². The summed E-state index contributed by atoms with van der Waals surface area (Å²) in [5, 5.41) is 11.8. The molecule has 1 aliphatic heterocycles. The van der Waals surface area contributed by atoms with E-state index in [1.165, 1.54) is 42.5 Å². The number of alkyl halides is 4. The number of hydrogen-bond donors (Lipinski definition) is 0. The molecule has 3 aromatic carbocycles. The maximum Gasteiger partial charge on any atom is 0.345 e. The first-order valence-corrected chi connectivity index (χ1v) is 17.0. The number of nitro groups is 1. The van der Waals surface area contributed by atoms with Crippen LogP contribution in [0.25, 0.3) is 0 Å². The molecule has 3 amide bonds. The fourth-order valence-corrected chi connectivity index (χ4v) is 9.49. The summed E-state index contributed by atoms with van der Waals surface area (Å²) in [4.78, 5) is 74.5. The van der Waals surface area contributed by atoms with Crippen LogP contribution in [0, 0.1) is 22.0 Å². The number of hydrazine groups is 1. The monoisotopic (exact) mass is 837 g/mol. The highest BCUT2D eigenvalue weighted by Gasteiger charge is 2.88. The van der Waals surface area contributed by atoms with Gasteiger partial charge in [-0.05, 0) is 54.6 Å². The number of non-ortho nitro benzene ring substituents is 1. The molecule has 2 bridgehead atoms. The number of halogens is 8. The van der Waals surface area contributed by atoms with Gasteiger partial charge in [-0.2, -0.15) is 5.01 Å². The molecule has 0 unspecified atom stereocenters. The third kappa shape index (κ3) is 5.28. The van der Waals surface area contributed by atoms with Crippen LogP contribution in [0.15, 0.2) is 76.8 Å². The maximum atomic E-state index is 14.1. The van der Waals surface area contributed by atoms with Gasteiger partial charge >= 0.3 is 5.97 Å². The van der Waals surface area contributed by atoms with Crippen LogP contribution >= 0.6 is 92.8 Å². The number of hydrogen-bond acceptors (Lipinski definition) is 8. The number of carbonyl (C=O) groups excluding carboxylic acids is 5. The smallest absolute Gasteiger partial charge is 0.345 e. The molecular formula is C31H15Cl8N3O8. The number of allylic oxidation sites excluding steroid dienone is 2. The lowest BCUT2D eigenvalue weighted by molar-refractivity contribution is -0.384. The van der Waals surface area contributed by atoms with Crippen LogP contribution in [0.5, 0.6) is 5.75 Å². The number of amides is 3. The van der Waals surface area contributed by atoms with E-state index in [-0.39, 0.29) is 43.2 Å². The number of imide groups is 1. The average molecular weight is 841 g/mol. The number of rotatable bonds is 8. The lowest BCUT2D eigenvalue weighted by Gasteiger charge is -2.36. The predicted octanol–water partition coefficient (Wildman–Crippen LogP) is 7.81. The van der Waals surface area contributed by atoms with Crippen LogP contribution in [0.1, 0.15) is 31.1 Å². The van der Waals surface area contributed by atoms with Crippen molar-refractivity contribution in [1.82, 2.24) is 10.0 Å². The van der Waals surface area contributed by atoms with Crippen molar-refractivity contribution < 1.29 is 33.6 Å². The summed E-state index contributed by atoms with van der Waals surface area (Å²) in [5.74, 6) is -8.12. The first-order chi connectivity index (χ1) is 23.4. The number of nitrogens with zero attached hydrogens (tertiary/aromatic N) is 3. The van der Waals surface area contributed by atoms with Crippen molar-refractivity contribution in [3.63, 3.8) is 0 Å². The summed E-state index contributed by atoms with van der Waals surface area (Å²) >= 11 is 51.4. The molecule has 6 rings (SSSR count). The van der Waals surface area contributed by atoms with E-state index in [2.05, 4.69) is 0 Å². The van der Waals surface area contributed by atoms with Gasteiger partial charge in [-0.3, -0.25) is 29.3 Å². The van der Waals surface area contributed by atoms with Gasteiger partial charge in [-0.1, -0.05) is 69.6 Å². The molecule has 3 aliphatic rings. The Kier molecular flexibility index (Phi) is 9.40. The van der Waals surface area contributed by atoms with E-state index < -0.39 is 66.9 Å². The zero-order valence-electron chi connectivity index (χ0n) is 24.3. The minimum Gasteiger partial charge on any atom is -0.423 e. The second kappa shape index (κ2) is 12.8. The van der Waals surface area contributed by atoms with Crippen molar-refractivity contribution in [2.45, 2.75) is 14.1 Å². The van der Waals surface area contributed by atoms with Gasteiger partial charge in [0.1, 0.15) is 22.0 Å². The number of Topliss-reactive ketones (excluding diaryl/α,β-unsaturated/α-hetero) is 1. The molecule has 0 N–H and O–H groups in total. The SMILES string of the molecule is O=C(CN(C(=O)c1ccc([N+](=O)[O-])cc1)N1C(=O)[C@@H]2[C@H](C1=O)[C@@]1(Cl)C(Cl)=C(Cl)[C@@]2(Cl)C1(Cl)Cl)c1ccc(OC(=O)c2ccc(Cl)cc2Cl)cc1. The first-order valence-electron chi connectivity index (χ1n) is 13.9. The third-order valence-corrected chi connectivity index (χ3v) is 13.3. The Morgan fingerprint density at radius 3 is 1.82 bits per heavy atom. The quantitative estimate of drug-likeness (QED) is 0.0425. The van der Waals surface area contributed by atoms with Crippen molar-refractivity contribution in [3.8, 4) is 5.75 Å². The van der Waals surface area contributed by atoms with Gasteiger partial charge in [0.25, 0.3) is 23.4 Å². The Morgan fingerprint density at radius 2 is 1.32 bits per heavy atom.